The van der Waals surface area contributed by atoms with Crippen LogP contribution in [0, 0.1) is 18.7 Å². The van der Waals surface area contributed by atoms with Gasteiger partial charge >= 0.3 is 0 Å². The fourth-order valence-corrected chi connectivity index (χ4v) is 2.33. The molecule has 0 radical (unpaired) electrons. The zero-order chi connectivity index (χ0) is 15.4. The maximum Gasteiger partial charge on any atom is 0.142 e. The second-order valence-corrected chi connectivity index (χ2v) is 5.91. The lowest BCUT2D eigenvalue weighted by atomic mass is 10.0. The van der Waals surface area contributed by atoms with Crippen LogP contribution in [-0.4, -0.2) is 5.71 Å². The van der Waals surface area contributed by atoms with Gasteiger partial charge in [-0.05, 0) is 49.3 Å². The minimum atomic E-state index is -0.191. The molecule has 0 bridgehead atoms. The Balaban J connectivity index is 1.73. The van der Waals surface area contributed by atoms with Crippen LogP contribution < -0.4 is 0 Å². The van der Waals surface area contributed by atoms with Gasteiger partial charge in [0.2, 0.25) is 0 Å². The van der Waals surface area contributed by atoms with Crippen molar-refractivity contribution in [3.05, 3.63) is 71.0 Å². The van der Waals surface area contributed by atoms with Crippen molar-refractivity contribution in [3.8, 4) is 0 Å². The molecule has 0 atom stereocenters. The predicted molar refractivity (Wildman–Crippen MR) is 86.2 cm³/mol. The fraction of sp³-hybridized carbons (Fsp3) is 0.316. The summed E-state index contributed by atoms with van der Waals surface area (Å²) in [7, 11) is 0. The van der Waals surface area contributed by atoms with E-state index in [4.69, 9.17) is 4.84 Å². The number of oxime groups is 1. The molecule has 114 valence electrons. The molecule has 0 N–H and O–H groups in total. The van der Waals surface area contributed by atoms with E-state index in [1.54, 1.807) is 19.1 Å². The monoisotopic (exact) mass is 297 g/mol. The molecule has 0 heterocycles. The average Bonchev–Trinajstić information content (AvgIpc) is 3.34. The number of aryl methyl sites for hydroxylation is 1. The summed E-state index contributed by atoms with van der Waals surface area (Å²) in [4.78, 5) is 5.50. The van der Waals surface area contributed by atoms with Crippen molar-refractivity contribution in [1.29, 1.82) is 0 Å². The van der Waals surface area contributed by atoms with Crippen LogP contribution in [0.4, 0.5) is 4.39 Å². The summed E-state index contributed by atoms with van der Waals surface area (Å²) < 4.78 is 13.8. The molecule has 3 rings (SSSR count). The van der Waals surface area contributed by atoms with Crippen molar-refractivity contribution in [2.45, 2.75) is 32.8 Å². The van der Waals surface area contributed by atoms with E-state index >= 15 is 0 Å². The minimum Gasteiger partial charge on any atom is -0.391 e. The zero-order valence-electron chi connectivity index (χ0n) is 12.8. The number of halogens is 1. The van der Waals surface area contributed by atoms with Crippen molar-refractivity contribution >= 4 is 5.71 Å². The number of rotatable bonds is 6. The summed E-state index contributed by atoms with van der Waals surface area (Å²) in [6.45, 7) is 2.20. The first-order valence-corrected chi connectivity index (χ1v) is 7.71. The molecule has 0 unspecified atom stereocenters. The lowest BCUT2D eigenvalue weighted by Crippen LogP contribution is -2.05. The van der Waals surface area contributed by atoms with Gasteiger partial charge in [-0.1, -0.05) is 47.6 Å². The van der Waals surface area contributed by atoms with Crippen molar-refractivity contribution in [2.75, 3.05) is 0 Å². The Kier molecular flexibility index (Phi) is 4.52. The van der Waals surface area contributed by atoms with Crippen molar-refractivity contribution in [1.82, 2.24) is 0 Å². The molecule has 2 aromatic carbocycles. The number of benzene rings is 2. The lowest BCUT2D eigenvalue weighted by Gasteiger charge is -2.08. The van der Waals surface area contributed by atoms with Crippen LogP contribution in [0.5, 0.6) is 0 Å². The van der Waals surface area contributed by atoms with E-state index in [0.29, 0.717) is 18.1 Å². The Hall–Kier alpha value is -2.16. The van der Waals surface area contributed by atoms with E-state index in [1.807, 2.05) is 36.4 Å². The van der Waals surface area contributed by atoms with Crippen LogP contribution in [0.15, 0.2) is 53.7 Å². The van der Waals surface area contributed by atoms with E-state index in [0.717, 1.165) is 23.3 Å². The molecule has 3 heteroatoms. The molecule has 0 aromatic heterocycles. The topological polar surface area (TPSA) is 21.6 Å². The molecule has 0 amide bonds. The van der Waals surface area contributed by atoms with E-state index in [9.17, 15) is 4.39 Å². The third-order valence-corrected chi connectivity index (χ3v) is 3.93. The van der Waals surface area contributed by atoms with Gasteiger partial charge < -0.3 is 4.84 Å². The summed E-state index contributed by atoms with van der Waals surface area (Å²) in [5, 5.41) is 4.29. The highest BCUT2D eigenvalue weighted by molar-refractivity contribution is 6.00. The molecular formula is C19H20FNO. The van der Waals surface area contributed by atoms with E-state index in [1.165, 1.54) is 12.8 Å². The number of hydrogen-bond acceptors (Lipinski definition) is 2. The van der Waals surface area contributed by atoms with Gasteiger partial charge in [0.05, 0.1) is 5.71 Å². The largest absolute Gasteiger partial charge is 0.391 e. The van der Waals surface area contributed by atoms with Crippen LogP contribution in [-0.2, 0) is 11.4 Å². The predicted octanol–water partition coefficient (Wildman–Crippen LogP) is 4.86. The third kappa shape index (κ3) is 3.94. The van der Waals surface area contributed by atoms with Gasteiger partial charge in [0.1, 0.15) is 12.4 Å². The summed E-state index contributed by atoms with van der Waals surface area (Å²) in [6, 6.07) is 15.2. The zero-order valence-corrected chi connectivity index (χ0v) is 12.8. The lowest BCUT2D eigenvalue weighted by molar-refractivity contribution is 0.130. The molecule has 1 aliphatic rings. The molecule has 2 nitrogen and oxygen atoms in total. The second kappa shape index (κ2) is 6.73. The molecule has 0 saturated heterocycles. The summed E-state index contributed by atoms with van der Waals surface area (Å²) in [5.74, 6) is 0.479. The molecule has 1 saturated carbocycles. The Morgan fingerprint density at radius 3 is 2.64 bits per heavy atom. The molecule has 22 heavy (non-hydrogen) atoms. The molecule has 0 aliphatic heterocycles. The Morgan fingerprint density at radius 2 is 1.95 bits per heavy atom. The van der Waals surface area contributed by atoms with Crippen LogP contribution in [0.1, 0.15) is 36.0 Å². The number of hydrogen-bond donors (Lipinski definition) is 0. The highest BCUT2D eigenvalue weighted by Crippen LogP contribution is 2.34. The average molecular weight is 297 g/mol. The van der Waals surface area contributed by atoms with E-state index in [2.05, 4.69) is 5.16 Å². The van der Waals surface area contributed by atoms with Crippen LogP contribution in [0.2, 0.25) is 0 Å². The Bertz CT molecular complexity index is 662. The van der Waals surface area contributed by atoms with Crippen molar-refractivity contribution in [3.63, 3.8) is 0 Å². The molecular weight excluding hydrogens is 277 g/mol. The van der Waals surface area contributed by atoms with Gasteiger partial charge in [0, 0.05) is 5.56 Å². The smallest absolute Gasteiger partial charge is 0.142 e. The van der Waals surface area contributed by atoms with E-state index < -0.39 is 0 Å². The Labute approximate surface area is 130 Å². The Morgan fingerprint density at radius 1 is 1.18 bits per heavy atom. The molecule has 1 aliphatic carbocycles. The van der Waals surface area contributed by atoms with Gasteiger partial charge in [0.25, 0.3) is 0 Å². The first-order valence-electron chi connectivity index (χ1n) is 7.71. The summed E-state index contributed by atoms with van der Waals surface area (Å²) in [6.07, 6.45) is 3.31. The number of nitrogens with zero attached hydrogens (tertiary/aromatic N) is 1. The summed E-state index contributed by atoms with van der Waals surface area (Å²) in [5.41, 5.74) is 3.40. The first-order chi connectivity index (χ1) is 10.7. The van der Waals surface area contributed by atoms with Crippen molar-refractivity contribution in [2.24, 2.45) is 11.1 Å². The normalized spacial score (nSPS) is 14.9. The minimum absolute atomic E-state index is 0.191. The van der Waals surface area contributed by atoms with E-state index in [-0.39, 0.29) is 5.82 Å². The first kappa shape index (κ1) is 14.8. The van der Waals surface area contributed by atoms with Gasteiger partial charge in [-0.15, -0.1) is 0 Å². The SMILES string of the molecule is Cc1ccc(/C(CC2CC2)=N\OCc2ccccc2)cc1F. The maximum absolute atomic E-state index is 13.8. The van der Waals surface area contributed by atoms with Gasteiger partial charge in [-0.2, -0.15) is 0 Å². The summed E-state index contributed by atoms with van der Waals surface area (Å²) >= 11 is 0. The molecule has 1 fully saturated rings. The quantitative estimate of drug-likeness (QED) is 0.551. The molecule has 2 aromatic rings. The van der Waals surface area contributed by atoms with Gasteiger partial charge in [-0.25, -0.2) is 4.39 Å². The fourth-order valence-electron chi connectivity index (χ4n) is 2.33. The standard InChI is InChI=1S/C19H20FNO/c1-14-7-10-17(12-18(14)20)19(11-15-8-9-15)21-22-13-16-5-3-2-4-6-16/h2-7,10,12,15H,8-9,11,13H2,1H3/b21-19-. The molecule has 0 spiro atoms. The third-order valence-electron chi connectivity index (χ3n) is 3.93. The van der Waals surface area contributed by atoms with Crippen LogP contribution in [0.3, 0.4) is 0 Å². The second-order valence-electron chi connectivity index (χ2n) is 5.91. The van der Waals surface area contributed by atoms with Crippen LogP contribution in [0.25, 0.3) is 0 Å². The van der Waals surface area contributed by atoms with Crippen molar-refractivity contribution < 1.29 is 9.23 Å². The highest BCUT2D eigenvalue weighted by atomic mass is 19.1. The highest BCUT2D eigenvalue weighted by Gasteiger charge is 2.24. The maximum atomic E-state index is 13.8. The van der Waals surface area contributed by atoms with Gasteiger partial charge in [0.15, 0.2) is 0 Å². The van der Waals surface area contributed by atoms with Crippen LogP contribution >= 0.6 is 0 Å². The van der Waals surface area contributed by atoms with Gasteiger partial charge in [-0.3, -0.25) is 0 Å².